The Labute approximate surface area is 247 Å². The average molecular weight is 575 g/mol. The normalized spacial score (nSPS) is 14.0. The number of unbranched alkanes of at least 4 members (excludes halogenated alkanes) is 1. The second-order valence-electron chi connectivity index (χ2n) is 14.8. The van der Waals surface area contributed by atoms with Gasteiger partial charge in [-0.05, 0) is 65.7 Å². The van der Waals surface area contributed by atoms with Crippen molar-refractivity contribution in [2.75, 3.05) is 13.2 Å². The topological polar surface area (TPSA) is 49.7 Å². The van der Waals surface area contributed by atoms with Gasteiger partial charge in [-0.3, -0.25) is 0 Å². The molecule has 0 amide bonds. The summed E-state index contributed by atoms with van der Waals surface area (Å²) < 4.78 is 6.70. The lowest BCUT2D eigenvalue weighted by molar-refractivity contribution is 0.248. The predicted molar refractivity (Wildman–Crippen MR) is 172 cm³/mol. The van der Waals surface area contributed by atoms with Gasteiger partial charge in [-0.25, -0.2) is 0 Å². The Hall–Kier alpha value is -1.30. The quantitative estimate of drug-likeness (QED) is 0.177. The van der Waals surface area contributed by atoms with Crippen molar-refractivity contribution in [1.29, 1.82) is 0 Å². The van der Waals surface area contributed by atoms with Crippen LogP contribution in [0, 0.1) is 0 Å². The van der Waals surface area contributed by atoms with Crippen LogP contribution in [0.15, 0.2) is 34.1 Å². The van der Waals surface area contributed by atoms with E-state index >= 15 is 0 Å². The molecule has 39 heavy (non-hydrogen) atoms. The molecule has 0 spiro atoms. The molecule has 3 nitrogen and oxygen atoms in total. The van der Waals surface area contributed by atoms with Crippen LogP contribution in [0.2, 0.25) is 0 Å². The lowest BCUT2D eigenvalue weighted by Crippen LogP contribution is -2.20. The van der Waals surface area contributed by atoms with E-state index in [1.807, 2.05) is 23.5 Å². The van der Waals surface area contributed by atoms with Crippen molar-refractivity contribution < 1.29 is 14.9 Å². The summed E-state index contributed by atoms with van der Waals surface area (Å²) in [6.45, 7) is 29.6. The number of benzene rings is 2. The summed E-state index contributed by atoms with van der Waals surface area (Å²) in [5, 5.41) is 20.4. The van der Waals surface area contributed by atoms with Crippen LogP contribution in [0.4, 0.5) is 0 Å². The van der Waals surface area contributed by atoms with E-state index in [2.05, 4.69) is 114 Å². The van der Waals surface area contributed by atoms with Crippen LogP contribution in [0.3, 0.4) is 0 Å². The molecular weight excluding hydrogens is 521 g/mol. The smallest absolute Gasteiger partial charge is 0.126 e. The molecule has 1 atom stereocenters. The summed E-state index contributed by atoms with van der Waals surface area (Å²) in [5.41, 5.74) is 4.03. The number of hydrogen-bond donors (Lipinski definition) is 2. The van der Waals surface area contributed by atoms with E-state index in [4.69, 9.17) is 4.74 Å². The maximum atomic E-state index is 11.1. The molecule has 0 aliphatic carbocycles. The second-order valence-corrected chi connectivity index (χ2v) is 17.9. The standard InChI is InChI=1S/C34H54O3S2/c1-22(38-23-18-25(31(2,3)4)29(36)26(19-23)32(5,6)7)39-24-20-27(33(8,9)10)30(37-17-15-14-16-35)28(21-24)34(11,12)13/h18-22,35-36H,14-17H2,1-13H3. The summed E-state index contributed by atoms with van der Waals surface area (Å²) in [5.74, 6) is 1.43. The Balaban J connectivity index is 2.49. The molecule has 0 heterocycles. The number of ether oxygens (including phenoxy) is 1. The van der Waals surface area contributed by atoms with Crippen molar-refractivity contribution >= 4 is 23.5 Å². The minimum atomic E-state index is -0.146. The van der Waals surface area contributed by atoms with Crippen molar-refractivity contribution in [2.45, 2.75) is 139 Å². The van der Waals surface area contributed by atoms with Crippen molar-refractivity contribution in [2.24, 2.45) is 0 Å². The van der Waals surface area contributed by atoms with Gasteiger partial charge in [0.2, 0.25) is 0 Å². The van der Waals surface area contributed by atoms with Gasteiger partial charge < -0.3 is 14.9 Å². The maximum Gasteiger partial charge on any atom is 0.126 e. The van der Waals surface area contributed by atoms with E-state index in [1.54, 1.807) is 0 Å². The third kappa shape index (κ3) is 9.36. The molecule has 2 aromatic rings. The number of aliphatic hydroxyl groups is 1. The van der Waals surface area contributed by atoms with Crippen LogP contribution in [-0.2, 0) is 21.7 Å². The Bertz CT molecular complexity index is 1040. The van der Waals surface area contributed by atoms with Crippen molar-refractivity contribution in [3.63, 3.8) is 0 Å². The highest BCUT2D eigenvalue weighted by Crippen LogP contribution is 2.47. The number of phenols is 1. The molecule has 0 bridgehead atoms. The van der Waals surface area contributed by atoms with Gasteiger partial charge in [-0.2, -0.15) is 0 Å². The van der Waals surface area contributed by atoms with Crippen molar-refractivity contribution in [3.8, 4) is 11.5 Å². The van der Waals surface area contributed by atoms with E-state index in [0.717, 1.165) is 29.7 Å². The fourth-order valence-corrected chi connectivity index (χ4v) is 6.92. The molecule has 2 N–H and O–H groups in total. The first-order valence-corrected chi connectivity index (χ1v) is 16.1. The molecule has 1 unspecified atom stereocenters. The number of phenolic OH excluding ortho intramolecular Hbond substituents is 1. The molecule has 0 radical (unpaired) electrons. The highest BCUT2D eigenvalue weighted by Gasteiger charge is 2.30. The summed E-state index contributed by atoms with van der Waals surface area (Å²) >= 11 is 3.74. The number of aliphatic hydroxyl groups excluding tert-OH is 1. The highest BCUT2D eigenvalue weighted by atomic mass is 32.2. The summed E-state index contributed by atoms with van der Waals surface area (Å²) in [6.07, 6.45) is 1.59. The van der Waals surface area contributed by atoms with Crippen molar-refractivity contribution in [1.82, 2.24) is 0 Å². The van der Waals surface area contributed by atoms with Crippen LogP contribution < -0.4 is 4.74 Å². The van der Waals surface area contributed by atoms with E-state index in [0.29, 0.717) is 12.4 Å². The molecule has 0 aliphatic heterocycles. The number of aromatic hydroxyl groups is 1. The third-order valence-corrected chi connectivity index (χ3v) is 9.04. The lowest BCUT2D eigenvalue weighted by atomic mass is 9.79. The van der Waals surface area contributed by atoms with Gasteiger partial charge in [-0.15, -0.1) is 23.5 Å². The van der Waals surface area contributed by atoms with E-state index in [1.165, 1.54) is 20.9 Å². The zero-order chi connectivity index (χ0) is 30.0. The molecule has 0 aromatic heterocycles. The van der Waals surface area contributed by atoms with Gasteiger partial charge in [0, 0.05) is 38.7 Å². The Morgan fingerprint density at radius 3 is 1.33 bits per heavy atom. The van der Waals surface area contributed by atoms with Gasteiger partial charge in [0.1, 0.15) is 11.5 Å². The van der Waals surface area contributed by atoms with Gasteiger partial charge >= 0.3 is 0 Å². The van der Waals surface area contributed by atoms with E-state index < -0.39 is 0 Å². The summed E-state index contributed by atoms with van der Waals surface area (Å²) in [6, 6.07) is 8.99. The third-order valence-electron chi connectivity index (χ3n) is 6.78. The maximum absolute atomic E-state index is 11.1. The molecule has 2 rings (SSSR count). The Morgan fingerprint density at radius 2 is 1.00 bits per heavy atom. The molecule has 0 saturated carbocycles. The molecular formula is C34H54O3S2. The molecule has 0 fully saturated rings. The zero-order valence-electron chi connectivity index (χ0n) is 26.8. The fraction of sp³-hybridized carbons (Fsp3) is 0.647. The van der Waals surface area contributed by atoms with Crippen LogP contribution in [0.25, 0.3) is 0 Å². The monoisotopic (exact) mass is 574 g/mol. The van der Waals surface area contributed by atoms with Crippen molar-refractivity contribution in [3.05, 3.63) is 46.5 Å². The molecule has 0 aliphatic rings. The number of rotatable bonds is 9. The van der Waals surface area contributed by atoms with Gasteiger partial charge in [-0.1, -0.05) is 83.1 Å². The minimum absolute atomic E-state index is 0.0700. The number of hydrogen-bond acceptors (Lipinski definition) is 5. The SMILES string of the molecule is CC(Sc1cc(C(C)(C)C)c(O)c(C(C)(C)C)c1)Sc1cc(C(C)(C)C)c(OCCCCO)c(C(C)(C)C)c1. The number of thioether (sulfide) groups is 2. The van der Waals surface area contributed by atoms with Gasteiger partial charge in [0.25, 0.3) is 0 Å². The largest absolute Gasteiger partial charge is 0.507 e. The van der Waals surface area contributed by atoms with Crippen LogP contribution in [0.1, 0.15) is 125 Å². The second kappa shape index (κ2) is 12.7. The van der Waals surface area contributed by atoms with Crippen LogP contribution >= 0.6 is 23.5 Å². The van der Waals surface area contributed by atoms with Crippen LogP contribution in [0.5, 0.6) is 11.5 Å². The summed E-state index contributed by atoms with van der Waals surface area (Å²) in [4.78, 5) is 2.44. The van der Waals surface area contributed by atoms with Gasteiger partial charge in [0.05, 0.1) is 11.2 Å². The molecule has 220 valence electrons. The molecule has 2 aromatic carbocycles. The fourth-order valence-electron chi connectivity index (χ4n) is 4.55. The van der Waals surface area contributed by atoms with Gasteiger partial charge in [0.15, 0.2) is 0 Å². The molecule has 5 heteroatoms. The van der Waals surface area contributed by atoms with E-state index in [9.17, 15) is 10.2 Å². The molecule has 0 saturated heterocycles. The van der Waals surface area contributed by atoms with E-state index in [-0.39, 0.29) is 32.8 Å². The zero-order valence-corrected chi connectivity index (χ0v) is 28.5. The average Bonchev–Trinajstić information content (AvgIpc) is 2.75. The highest BCUT2D eigenvalue weighted by molar-refractivity contribution is 8.17. The van der Waals surface area contributed by atoms with Crippen LogP contribution in [-0.4, -0.2) is 28.0 Å². The Kier molecular flexibility index (Phi) is 11.0. The first kappa shape index (κ1) is 33.9. The Morgan fingerprint density at radius 1 is 0.641 bits per heavy atom. The minimum Gasteiger partial charge on any atom is -0.507 e. The predicted octanol–water partition coefficient (Wildman–Crippen LogP) is 9.96. The first-order chi connectivity index (χ1) is 17.7. The first-order valence-electron chi connectivity index (χ1n) is 14.3. The lowest BCUT2D eigenvalue weighted by Gasteiger charge is -2.31. The summed E-state index contributed by atoms with van der Waals surface area (Å²) in [7, 11) is 0.